The fraction of sp³-hybridized carbons (Fsp3) is 0.125. The summed E-state index contributed by atoms with van der Waals surface area (Å²) in [4.78, 5) is 7.83. The van der Waals surface area contributed by atoms with Crippen LogP contribution >= 0.6 is 0 Å². The Hall–Kier alpha value is -3.17. The van der Waals surface area contributed by atoms with E-state index in [4.69, 9.17) is 9.47 Å². The average molecular weight is 369 g/mol. The number of benzene rings is 2. The van der Waals surface area contributed by atoms with Gasteiger partial charge in [0.2, 0.25) is 5.82 Å². The maximum absolute atomic E-state index is 13.9. The summed E-state index contributed by atoms with van der Waals surface area (Å²) in [6.45, 7) is 0.645. The lowest BCUT2D eigenvalue weighted by Gasteiger charge is -2.19. The van der Waals surface area contributed by atoms with E-state index < -0.39 is 34.8 Å². The highest BCUT2D eigenvalue weighted by molar-refractivity contribution is 5.93. The number of hydrogen-bond acceptors (Lipinski definition) is 5. The van der Waals surface area contributed by atoms with Crippen molar-refractivity contribution in [3.63, 3.8) is 0 Å². The molecule has 0 saturated carbocycles. The second-order valence-electron chi connectivity index (χ2n) is 5.31. The predicted molar refractivity (Wildman–Crippen MR) is 80.0 cm³/mol. The third kappa shape index (κ3) is 2.45. The van der Waals surface area contributed by atoms with Crippen LogP contribution in [0.15, 0.2) is 18.5 Å². The molecule has 0 atom stereocenters. The van der Waals surface area contributed by atoms with Gasteiger partial charge in [-0.05, 0) is 6.07 Å². The number of hydrogen-bond donors (Lipinski definition) is 1. The van der Waals surface area contributed by atoms with Crippen molar-refractivity contribution in [1.29, 1.82) is 0 Å². The summed E-state index contributed by atoms with van der Waals surface area (Å²) in [5, 5.41) is 2.41. The lowest BCUT2D eigenvalue weighted by molar-refractivity contribution is 0.172. The lowest BCUT2D eigenvalue weighted by Crippen LogP contribution is -2.15. The maximum atomic E-state index is 13.9. The van der Waals surface area contributed by atoms with Crippen LogP contribution in [0.4, 0.5) is 33.5 Å². The summed E-state index contributed by atoms with van der Waals surface area (Å²) in [5.74, 6) is -9.73. The van der Waals surface area contributed by atoms with E-state index in [1.165, 1.54) is 12.1 Å². The summed E-state index contributed by atoms with van der Waals surface area (Å²) in [7, 11) is 0. The number of nitrogens with zero attached hydrogens (tertiary/aromatic N) is 2. The summed E-state index contributed by atoms with van der Waals surface area (Å²) in [5.41, 5.74) is -0.882. The van der Waals surface area contributed by atoms with Crippen molar-refractivity contribution in [3.05, 3.63) is 47.5 Å². The molecule has 1 N–H and O–H groups in total. The first-order valence-corrected chi connectivity index (χ1v) is 7.30. The molecular weight excluding hydrogens is 361 g/mol. The molecule has 0 fully saturated rings. The maximum Gasteiger partial charge on any atom is 0.200 e. The zero-order chi connectivity index (χ0) is 18.4. The van der Waals surface area contributed by atoms with Gasteiger partial charge in [0.1, 0.15) is 31.0 Å². The van der Waals surface area contributed by atoms with Crippen LogP contribution in [0.25, 0.3) is 10.9 Å². The van der Waals surface area contributed by atoms with Crippen LogP contribution in [0.1, 0.15) is 0 Å². The molecule has 0 amide bonds. The van der Waals surface area contributed by atoms with Gasteiger partial charge in [0, 0.05) is 11.5 Å². The van der Waals surface area contributed by atoms with Crippen molar-refractivity contribution in [3.8, 4) is 11.5 Å². The molecule has 1 aromatic heterocycles. The summed E-state index contributed by atoms with van der Waals surface area (Å²) < 4.78 is 78.5. The molecule has 2 aromatic carbocycles. The smallest absolute Gasteiger partial charge is 0.200 e. The van der Waals surface area contributed by atoms with Crippen LogP contribution in [0.3, 0.4) is 0 Å². The zero-order valence-electron chi connectivity index (χ0n) is 12.7. The molecule has 0 radical (unpaired) electrons. The van der Waals surface area contributed by atoms with E-state index in [9.17, 15) is 22.0 Å². The topological polar surface area (TPSA) is 56.3 Å². The Kier molecular flexibility index (Phi) is 3.74. The standard InChI is InChI=1S/C16H8F5N3O2/c17-10-11(18)13(20)15(14(21)12(10)19)24-16-6-3-8-9(26-2-1-25-8)4-7(6)22-5-23-16/h3-5H,1-2H2,(H,22,23,24). The lowest BCUT2D eigenvalue weighted by atomic mass is 10.2. The molecule has 4 rings (SSSR count). The Morgan fingerprint density at radius 3 is 2.00 bits per heavy atom. The van der Waals surface area contributed by atoms with Gasteiger partial charge in [-0.15, -0.1) is 0 Å². The fourth-order valence-electron chi connectivity index (χ4n) is 2.53. The molecule has 0 spiro atoms. The van der Waals surface area contributed by atoms with Crippen molar-refractivity contribution < 1.29 is 31.4 Å². The minimum Gasteiger partial charge on any atom is -0.486 e. The van der Waals surface area contributed by atoms with E-state index in [-0.39, 0.29) is 11.2 Å². The molecule has 5 nitrogen and oxygen atoms in total. The molecule has 2 heterocycles. The zero-order valence-corrected chi connectivity index (χ0v) is 12.7. The van der Waals surface area contributed by atoms with Gasteiger partial charge in [-0.25, -0.2) is 31.9 Å². The summed E-state index contributed by atoms with van der Waals surface area (Å²) in [6.07, 6.45) is 1.08. The van der Waals surface area contributed by atoms with Gasteiger partial charge >= 0.3 is 0 Å². The second-order valence-corrected chi connectivity index (χ2v) is 5.31. The molecule has 0 bridgehead atoms. The number of aromatic nitrogens is 2. The van der Waals surface area contributed by atoms with Gasteiger partial charge in [0.05, 0.1) is 5.52 Å². The molecule has 1 aliphatic rings. The van der Waals surface area contributed by atoms with Crippen molar-refractivity contribution in [2.75, 3.05) is 18.5 Å². The number of nitrogens with one attached hydrogen (secondary N) is 1. The van der Waals surface area contributed by atoms with Crippen LogP contribution in [-0.4, -0.2) is 23.2 Å². The first kappa shape index (κ1) is 16.3. The first-order chi connectivity index (χ1) is 12.5. The normalized spacial score (nSPS) is 13.1. The number of ether oxygens (including phenoxy) is 2. The Bertz CT molecular complexity index is 1020. The van der Waals surface area contributed by atoms with Crippen LogP contribution in [0, 0.1) is 29.1 Å². The molecule has 1 aliphatic heterocycles. The van der Waals surface area contributed by atoms with Crippen molar-refractivity contribution in [2.45, 2.75) is 0 Å². The van der Waals surface area contributed by atoms with Gasteiger partial charge < -0.3 is 14.8 Å². The van der Waals surface area contributed by atoms with Crippen LogP contribution < -0.4 is 14.8 Å². The van der Waals surface area contributed by atoms with E-state index in [1.807, 2.05) is 0 Å². The van der Waals surface area contributed by atoms with E-state index in [0.717, 1.165) is 6.33 Å². The number of halogens is 5. The molecule has 10 heteroatoms. The molecule has 0 unspecified atom stereocenters. The third-order valence-electron chi connectivity index (χ3n) is 3.75. The quantitative estimate of drug-likeness (QED) is 0.423. The van der Waals surface area contributed by atoms with Crippen LogP contribution in [0.2, 0.25) is 0 Å². The molecule has 3 aromatic rings. The number of rotatable bonds is 2. The average Bonchev–Trinajstić information content (AvgIpc) is 2.66. The largest absolute Gasteiger partial charge is 0.486 e. The summed E-state index contributed by atoms with van der Waals surface area (Å²) >= 11 is 0. The molecule has 0 aliphatic carbocycles. The van der Waals surface area contributed by atoms with Gasteiger partial charge in [0.25, 0.3) is 0 Å². The van der Waals surface area contributed by atoms with Crippen LogP contribution in [-0.2, 0) is 0 Å². The highest BCUT2D eigenvalue weighted by Crippen LogP contribution is 2.37. The SMILES string of the molecule is Fc1c(F)c(F)c(Nc2ncnc3cc4c(cc23)OCCO4)c(F)c1F. The van der Waals surface area contributed by atoms with Gasteiger partial charge in [0.15, 0.2) is 34.8 Å². The van der Waals surface area contributed by atoms with E-state index >= 15 is 0 Å². The predicted octanol–water partition coefficient (Wildman–Crippen LogP) is 3.84. The number of fused-ring (bicyclic) bond motifs is 2. The monoisotopic (exact) mass is 369 g/mol. The van der Waals surface area contributed by atoms with Gasteiger partial charge in [-0.3, -0.25) is 0 Å². The summed E-state index contributed by atoms with van der Waals surface area (Å²) in [6, 6.07) is 2.98. The Labute approximate surface area is 142 Å². The minimum atomic E-state index is -2.24. The van der Waals surface area contributed by atoms with Crippen molar-refractivity contribution in [1.82, 2.24) is 9.97 Å². The Morgan fingerprint density at radius 1 is 0.769 bits per heavy atom. The molecule has 26 heavy (non-hydrogen) atoms. The van der Waals surface area contributed by atoms with Crippen LogP contribution in [0.5, 0.6) is 11.5 Å². The highest BCUT2D eigenvalue weighted by Gasteiger charge is 2.26. The fourth-order valence-corrected chi connectivity index (χ4v) is 2.53. The van der Waals surface area contributed by atoms with Gasteiger partial charge in [-0.2, -0.15) is 0 Å². The van der Waals surface area contributed by atoms with Crippen molar-refractivity contribution in [2.24, 2.45) is 0 Å². The molecule has 0 saturated heterocycles. The molecular formula is C16H8F5N3O2. The Morgan fingerprint density at radius 2 is 1.35 bits per heavy atom. The van der Waals surface area contributed by atoms with E-state index in [2.05, 4.69) is 15.3 Å². The first-order valence-electron chi connectivity index (χ1n) is 7.30. The van der Waals surface area contributed by atoms with E-state index in [0.29, 0.717) is 30.2 Å². The Balaban J connectivity index is 1.86. The minimum absolute atomic E-state index is 0.157. The molecule has 134 valence electrons. The van der Waals surface area contributed by atoms with Crippen molar-refractivity contribution >= 4 is 22.4 Å². The van der Waals surface area contributed by atoms with E-state index in [1.54, 1.807) is 0 Å². The highest BCUT2D eigenvalue weighted by atomic mass is 19.2. The number of anilines is 2. The third-order valence-corrected chi connectivity index (χ3v) is 3.75. The second kappa shape index (κ2) is 5.97. The van der Waals surface area contributed by atoms with Gasteiger partial charge in [-0.1, -0.05) is 0 Å².